The minimum absolute atomic E-state index is 0.239. The molecule has 2 nitrogen and oxygen atoms in total. The molecule has 2 unspecified atom stereocenters. The van der Waals surface area contributed by atoms with E-state index in [1.54, 1.807) is 6.92 Å². The van der Waals surface area contributed by atoms with Crippen LogP contribution in [0.5, 0.6) is 0 Å². The molecule has 2 atom stereocenters. The van der Waals surface area contributed by atoms with Crippen LogP contribution in [-0.4, -0.2) is 14.0 Å². The highest BCUT2D eigenvalue weighted by molar-refractivity contribution is 7.79. The van der Waals surface area contributed by atoms with Crippen LogP contribution < -0.4 is 0 Å². The number of hydrogen-bond acceptors (Lipinski definition) is 2. The number of allylic oxidation sites excluding steroid dienone is 1. The van der Waals surface area contributed by atoms with Crippen LogP contribution in [0.25, 0.3) is 0 Å². The van der Waals surface area contributed by atoms with Gasteiger partial charge in [-0.3, -0.25) is 4.21 Å². The van der Waals surface area contributed by atoms with Crippen molar-refractivity contribution in [1.29, 1.82) is 0 Å². The topological polar surface area (TPSA) is 40.1 Å². The first kappa shape index (κ1) is 9.85. The maximum Gasteiger partial charge on any atom is 0.0190 e. The van der Waals surface area contributed by atoms with Gasteiger partial charge >= 0.3 is 0 Å². The lowest BCUT2D eigenvalue weighted by atomic mass is 10.1. The summed E-state index contributed by atoms with van der Waals surface area (Å²) in [4.78, 5) is 0. The number of hydrogen-bond donors (Lipinski definition) is 0. The monoisotopic (exact) mass is 161 g/mol. The second kappa shape index (κ2) is 4.63. The van der Waals surface area contributed by atoms with Crippen LogP contribution >= 0.6 is 0 Å². The summed E-state index contributed by atoms with van der Waals surface area (Å²) in [5.41, 5.74) is 1.04. The fourth-order valence-electron chi connectivity index (χ4n) is 0.546. The van der Waals surface area contributed by atoms with Crippen LogP contribution in [0.15, 0.2) is 12.2 Å². The first-order valence-electron chi connectivity index (χ1n) is 3.26. The molecule has 3 heteroatoms. The molecule has 0 rings (SSSR count). The van der Waals surface area contributed by atoms with E-state index in [0.29, 0.717) is 6.42 Å². The van der Waals surface area contributed by atoms with Gasteiger partial charge in [-0.1, -0.05) is 23.6 Å². The third-order valence-corrected chi connectivity index (χ3v) is 2.20. The van der Waals surface area contributed by atoms with Crippen molar-refractivity contribution in [2.45, 2.75) is 31.9 Å². The van der Waals surface area contributed by atoms with Gasteiger partial charge < -0.3 is 4.55 Å². The Bertz CT molecular complexity index is 143. The Kier molecular flexibility index (Phi) is 4.56. The molecule has 0 N–H and O–H groups in total. The quantitative estimate of drug-likeness (QED) is 0.464. The molecule has 0 aromatic heterocycles. The molecular weight excluding hydrogens is 148 g/mol. The Balaban J connectivity index is 3.49. The molecule has 0 bridgehead atoms. The summed E-state index contributed by atoms with van der Waals surface area (Å²) in [7, 11) is 0. The summed E-state index contributed by atoms with van der Waals surface area (Å²) in [5, 5.41) is -0.239. The van der Waals surface area contributed by atoms with E-state index in [-0.39, 0.29) is 5.25 Å². The third kappa shape index (κ3) is 4.70. The molecule has 0 heterocycles. The molecular formula is C7H13O2S-. The van der Waals surface area contributed by atoms with Crippen molar-refractivity contribution in [1.82, 2.24) is 0 Å². The molecule has 0 saturated heterocycles. The average Bonchev–Trinajstić information content (AvgIpc) is 1.82. The van der Waals surface area contributed by atoms with Gasteiger partial charge in [0.05, 0.1) is 0 Å². The van der Waals surface area contributed by atoms with Gasteiger partial charge in [-0.2, -0.15) is 0 Å². The minimum Gasteiger partial charge on any atom is -0.772 e. The van der Waals surface area contributed by atoms with E-state index in [1.807, 2.05) is 6.92 Å². The zero-order valence-corrected chi connectivity index (χ0v) is 7.24. The van der Waals surface area contributed by atoms with Crippen LogP contribution in [0.1, 0.15) is 26.7 Å². The predicted octanol–water partition coefficient (Wildman–Crippen LogP) is 1.61. The molecule has 0 aliphatic heterocycles. The SMILES string of the molecule is C=C(C)CCC(C)S(=O)[O-]. The highest BCUT2D eigenvalue weighted by atomic mass is 32.2. The molecule has 0 aliphatic carbocycles. The van der Waals surface area contributed by atoms with Crippen LogP contribution in [-0.2, 0) is 11.1 Å². The smallest absolute Gasteiger partial charge is 0.0190 e. The maximum absolute atomic E-state index is 10.3. The van der Waals surface area contributed by atoms with Crippen LogP contribution in [0, 0.1) is 0 Å². The summed E-state index contributed by atoms with van der Waals surface area (Å²) in [6.07, 6.45) is 1.49. The summed E-state index contributed by atoms with van der Waals surface area (Å²) in [5.74, 6) is 0. The van der Waals surface area contributed by atoms with Gasteiger partial charge in [0.15, 0.2) is 0 Å². The van der Waals surface area contributed by atoms with Gasteiger partial charge in [-0.25, -0.2) is 0 Å². The molecule has 60 valence electrons. The summed E-state index contributed by atoms with van der Waals surface area (Å²) < 4.78 is 20.6. The van der Waals surface area contributed by atoms with Crippen molar-refractivity contribution in [3.8, 4) is 0 Å². The van der Waals surface area contributed by atoms with Crippen molar-refractivity contribution in [3.05, 3.63) is 12.2 Å². The van der Waals surface area contributed by atoms with E-state index in [1.165, 1.54) is 0 Å². The van der Waals surface area contributed by atoms with E-state index in [0.717, 1.165) is 12.0 Å². The molecule has 10 heavy (non-hydrogen) atoms. The van der Waals surface area contributed by atoms with Crippen molar-refractivity contribution in [2.24, 2.45) is 0 Å². The lowest BCUT2D eigenvalue weighted by Crippen LogP contribution is -2.09. The summed E-state index contributed by atoms with van der Waals surface area (Å²) in [6.45, 7) is 7.29. The predicted molar refractivity (Wildman–Crippen MR) is 42.4 cm³/mol. The Labute approximate surface area is 64.6 Å². The minimum atomic E-state index is -1.92. The van der Waals surface area contributed by atoms with E-state index in [2.05, 4.69) is 6.58 Å². The molecule has 0 amide bonds. The molecule has 0 radical (unpaired) electrons. The van der Waals surface area contributed by atoms with Crippen LogP contribution in [0.2, 0.25) is 0 Å². The van der Waals surface area contributed by atoms with Gasteiger partial charge in [-0.05, 0) is 19.8 Å². The van der Waals surface area contributed by atoms with Crippen molar-refractivity contribution < 1.29 is 8.76 Å². The molecule has 0 saturated carbocycles. The van der Waals surface area contributed by atoms with Gasteiger partial charge in [0, 0.05) is 5.25 Å². The van der Waals surface area contributed by atoms with Crippen molar-refractivity contribution >= 4 is 11.1 Å². The van der Waals surface area contributed by atoms with E-state index >= 15 is 0 Å². The zero-order valence-electron chi connectivity index (χ0n) is 6.42. The highest BCUT2D eigenvalue weighted by Crippen LogP contribution is 2.07. The Hall–Kier alpha value is -0.150. The standard InChI is InChI=1S/C7H14O2S/c1-6(2)4-5-7(3)10(8)9/h7H,1,4-5H2,2-3H3,(H,8,9)/p-1. The molecule has 0 aliphatic rings. The normalized spacial score (nSPS) is 16.3. The van der Waals surface area contributed by atoms with Gasteiger partial charge in [0.1, 0.15) is 0 Å². The second-order valence-corrected chi connectivity index (χ2v) is 3.89. The van der Waals surface area contributed by atoms with Crippen molar-refractivity contribution in [2.75, 3.05) is 0 Å². The first-order valence-corrected chi connectivity index (χ1v) is 4.40. The first-order chi connectivity index (χ1) is 4.54. The third-order valence-electron chi connectivity index (χ3n) is 1.31. The second-order valence-electron chi connectivity index (χ2n) is 2.57. The lowest BCUT2D eigenvalue weighted by molar-refractivity contribution is 0.520. The molecule has 0 aromatic rings. The van der Waals surface area contributed by atoms with E-state index in [4.69, 9.17) is 0 Å². The van der Waals surface area contributed by atoms with E-state index < -0.39 is 11.1 Å². The summed E-state index contributed by atoms with van der Waals surface area (Å²) in [6, 6.07) is 0. The fourth-order valence-corrected chi connectivity index (χ4v) is 0.856. The highest BCUT2D eigenvalue weighted by Gasteiger charge is 2.00. The molecule has 0 spiro atoms. The lowest BCUT2D eigenvalue weighted by Gasteiger charge is -2.13. The zero-order chi connectivity index (χ0) is 8.15. The van der Waals surface area contributed by atoms with Gasteiger partial charge in [-0.15, -0.1) is 6.58 Å². The average molecular weight is 161 g/mol. The maximum atomic E-state index is 10.3. The molecule has 0 fully saturated rings. The molecule has 0 aromatic carbocycles. The number of rotatable bonds is 4. The van der Waals surface area contributed by atoms with Crippen LogP contribution in [0.3, 0.4) is 0 Å². The largest absolute Gasteiger partial charge is 0.772 e. The van der Waals surface area contributed by atoms with E-state index in [9.17, 15) is 8.76 Å². The van der Waals surface area contributed by atoms with Gasteiger partial charge in [0.25, 0.3) is 0 Å². The van der Waals surface area contributed by atoms with Gasteiger partial charge in [0.2, 0.25) is 0 Å². The Morgan fingerprint density at radius 1 is 1.80 bits per heavy atom. The Morgan fingerprint density at radius 3 is 2.60 bits per heavy atom. The van der Waals surface area contributed by atoms with Crippen molar-refractivity contribution in [3.63, 3.8) is 0 Å². The Morgan fingerprint density at radius 2 is 2.30 bits per heavy atom. The fraction of sp³-hybridized carbons (Fsp3) is 0.714. The summed E-state index contributed by atoms with van der Waals surface area (Å²) >= 11 is -1.92. The van der Waals surface area contributed by atoms with Crippen LogP contribution in [0.4, 0.5) is 0 Å².